The number of hydrogen-bond donors (Lipinski definition) is 2. The first kappa shape index (κ1) is 19.7. The summed E-state index contributed by atoms with van der Waals surface area (Å²) in [5.41, 5.74) is 2.67. The number of piperidine rings is 1. The summed E-state index contributed by atoms with van der Waals surface area (Å²) in [6.45, 7) is 8.86. The average Bonchev–Trinajstić information content (AvgIpc) is 3.29. The van der Waals surface area contributed by atoms with Gasteiger partial charge in [0.1, 0.15) is 11.4 Å². The number of fused-ring (bicyclic) bond motifs is 3. The molecule has 0 radical (unpaired) electrons. The summed E-state index contributed by atoms with van der Waals surface area (Å²) in [6.07, 6.45) is 6.37. The molecule has 0 aromatic carbocycles. The minimum atomic E-state index is -0.363. The van der Waals surface area contributed by atoms with E-state index in [1.807, 2.05) is 31.4 Å². The molecule has 2 N–H and O–H groups in total. The third-order valence-electron chi connectivity index (χ3n) is 5.75. The minimum Gasteiger partial charge on any atom is -0.477 e. The Balaban J connectivity index is 1.40. The van der Waals surface area contributed by atoms with Gasteiger partial charge in [-0.2, -0.15) is 4.98 Å². The first-order chi connectivity index (χ1) is 15.0. The van der Waals surface area contributed by atoms with Crippen LogP contribution in [-0.2, 0) is 0 Å². The first-order valence-electron chi connectivity index (χ1n) is 10.6. The number of anilines is 2. The fraction of sp³-hybridized carbons (Fsp3) is 0.476. The fourth-order valence-electron chi connectivity index (χ4n) is 4.43. The summed E-state index contributed by atoms with van der Waals surface area (Å²) in [4.78, 5) is 33.1. The van der Waals surface area contributed by atoms with E-state index in [1.54, 1.807) is 12.4 Å². The van der Waals surface area contributed by atoms with Crippen molar-refractivity contribution >= 4 is 23.3 Å². The highest BCUT2D eigenvalue weighted by Gasteiger charge is 2.34. The highest BCUT2D eigenvalue weighted by molar-refractivity contribution is 6.05. The lowest BCUT2D eigenvalue weighted by Gasteiger charge is -2.31. The smallest absolute Gasteiger partial charge is 0.263 e. The van der Waals surface area contributed by atoms with Gasteiger partial charge in [-0.3, -0.25) is 4.79 Å². The van der Waals surface area contributed by atoms with Gasteiger partial charge >= 0.3 is 0 Å². The standard InChI is InChI=1S/C21H26N8O2/c1-4-31-20-16(7-23-21(27-20)29-9-14-5-15(10-29)22-6-14)19(30)26-17-11-28-8-12(2)24-18(28)13(3)25-17/h7-8,11,14-15,22H,4-6,9-10H2,1-3H3,(H,26,30). The van der Waals surface area contributed by atoms with Crippen molar-refractivity contribution in [2.24, 2.45) is 5.92 Å². The van der Waals surface area contributed by atoms with Gasteiger partial charge in [0.2, 0.25) is 11.8 Å². The SMILES string of the molecule is CCOc1nc(N2CC3CNC(C3)C2)ncc1C(=O)Nc1cn2cc(C)nc2c(C)n1. The maximum Gasteiger partial charge on any atom is 0.263 e. The first-order valence-corrected chi connectivity index (χ1v) is 10.6. The number of carbonyl (C=O) groups is 1. The quantitative estimate of drug-likeness (QED) is 0.638. The summed E-state index contributed by atoms with van der Waals surface area (Å²) in [6, 6.07) is 0.469. The molecule has 0 saturated carbocycles. The molecular weight excluding hydrogens is 396 g/mol. The second-order valence-electron chi connectivity index (χ2n) is 8.21. The van der Waals surface area contributed by atoms with E-state index < -0.39 is 0 Å². The third-order valence-corrected chi connectivity index (χ3v) is 5.75. The molecule has 2 bridgehead atoms. The Morgan fingerprint density at radius 3 is 2.94 bits per heavy atom. The number of imidazole rings is 1. The maximum atomic E-state index is 13.0. The average molecular weight is 422 g/mol. The molecule has 3 aromatic heterocycles. The third kappa shape index (κ3) is 3.78. The van der Waals surface area contributed by atoms with Crippen molar-refractivity contribution in [1.29, 1.82) is 0 Å². The highest BCUT2D eigenvalue weighted by Crippen LogP contribution is 2.27. The van der Waals surface area contributed by atoms with Gasteiger partial charge in [-0.05, 0) is 33.1 Å². The predicted molar refractivity (Wildman–Crippen MR) is 116 cm³/mol. The Morgan fingerprint density at radius 1 is 1.26 bits per heavy atom. The monoisotopic (exact) mass is 422 g/mol. The Hall–Kier alpha value is -3.27. The van der Waals surface area contributed by atoms with E-state index in [0.29, 0.717) is 30.3 Å². The van der Waals surface area contributed by atoms with Crippen LogP contribution in [0.1, 0.15) is 35.1 Å². The van der Waals surface area contributed by atoms with Crippen molar-refractivity contribution in [2.45, 2.75) is 33.2 Å². The van der Waals surface area contributed by atoms with Crippen molar-refractivity contribution < 1.29 is 9.53 Å². The second-order valence-corrected chi connectivity index (χ2v) is 8.21. The van der Waals surface area contributed by atoms with Crippen LogP contribution in [0.4, 0.5) is 11.8 Å². The number of hydrogen-bond acceptors (Lipinski definition) is 8. The molecule has 2 atom stereocenters. The minimum absolute atomic E-state index is 0.282. The Morgan fingerprint density at radius 2 is 2.13 bits per heavy atom. The van der Waals surface area contributed by atoms with Crippen LogP contribution in [0, 0.1) is 19.8 Å². The molecule has 0 aliphatic carbocycles. The molecule has 162 valence electrons. The van der Waals surface area contributed by atoms with Crippen molar-refractivity contribution in [3.8, 4) is 5.88 Å². The molecule has 10 nitrogen and oxygen atoms in total. The van der Waals surface area contributed by atoms with Crippen LogP contribution in [-0.4, -0.2) is 62.5 Å². The maximum absolute atomic E-state index is 13.0. The number of amides is 1. The van der Waals surface area contributed by atoms with Gasteiger partial charge in [-0.15, -0.1) is 0 Å². The van der Waals surface area contributed by atoms with E-state index >= 15 is 0 Å². The zero-order valence-electron chi connectivity index (χ0n) is 17.9. The molecule has 5 heterocycles. The summed E-state index contributed by atoms with van der Waals surface area (Å²) >= 11 is 0. The lowest BCUT2D eigenvalue weighted by atomic mass is 10.0. The van der Waals surface area contributed by atoms with Gasteiger partial charge < -0.3 is 24.7 Å². The van der Waals surface area contributed by atoms with Gasteiger partial charge in [-0.25, -0.2) is 15.0 Å². The molecule has 2 unspecified atom stereocenters. The van der Waals surface area contributed by atoms with E-state index in [4.69, 9.17) is 4.74 Å². The lowest BCUT2D eigenvalue weighted by Crippen LogP contribution is -2.42. The number of nitrogens with one attached hydrogen (secondary N) is 2. The fourth-order valence-corrected chi connectivity index (χ4v) is 4.43. The molecular formula is C21H26N8O2. The van der Waals surface area contributed by atoms with E-state index in [2.05, 4.69) is 35.5 Å². The molecule has 31 heavy (non-hydrogen) atoms. The zero-order chi connectivity index (χ0) is 21.5. The van der Waals surface area contributed by atoms with Crippen LogP contribution in [0.15, 0.2) is 18.6 Å². The highest BCUT2D eigenvalue weighted by atomic mass is 16.5. The van der Waals surface area contributed by atoms with Crippen molar-refractivity contribution in [1.82, 2.24) is 29.7 Å². The molecule has 3 aromatic rings. The van der Waals surface area contributed by atoms with Crippen LogP contribution >= 0.6 is 0 Å². The van der Waals surface area contributed by atoms with E-state index in [9.17, 15) is 4.79 Å². The molecule has 2 fully saturated rings. The van der Waals surface area contributed by atoms with Gasteiger partial charge in [0.05, 0.1) is 24.2 Å². The van der Waals surface area contributed by atoms with E-state index in [1.165, 1.54) is 6.42 Å². The van der Waals surface area contributed by atoms with Gasteiger partial charge in [0.15, 0.2) is 5.65 Å². The van der Waals surface area contributed by atoms with Gasteiger partial charge in [0, 0.05) is 38.1 Å². The molecule has 0 spiro atoms. The zero-order valence-corrected chi connectivity index (χ0v) is 17.9. The summed E-state index contributed by atoms with van der Waals surface area (Å²) in [5.74, 6) is 1.56. The molecule has 2 saturated heterocycles. The van der Waals surface area contributed by atoms with Gasteiger partial charge in [-0.1, -0.05) is 0 Å². The van der Waals surface area contributed by atoms with Crippen LogP contribution in [0.25, 0.3) is 5.65 Å². The number of rotatable bonds is 5. The molecule has 10 heteroatoms. The van der Waals surface area contributed by atoms with Crippen molar-refractivity contribution in [3.63, 3.8) is 0 Å². The Kier molecular flexibility index (Phi) is 4.93. The predicted octanol–water partition coefficient (Wildman–Crippen LogP) is 1.59. The van der Waals surface area contributed by atoms with Crippen LogP contribution in [0.3, 0.4) is 0 Å². The Labute approximate surface area is 180 Å². The normalized spacial score (nSPS) is 20.3. The second kappa shape index (κ2) is 7.77. The number of nitrogens with zero attached hydrogens (tertiary/aromatic N) is 6. The van der Waals surface area contributed by atoms with Gasteiger partial charge in [0.25, 0.3) is 5.91 Å². The molecule has 5 rings (SSSR count). The number of aromatic nitrogens is 5. The van der Waals surface area contributed by atoms with Crippen molar-refractivity contribution in [2.75, 3.05) is 36.5 Å². The molecule has 1 amide bonds. The van der Waals surface area contributed by atoms with E-state index in [-0.39, 0.29) is 17.4 Å². The topological polar surface area (TPSA) is 110 Å². The number of carbonyl (C=O) groups excluding carboxylic acids is 1. The molecule has 2 aliphatic rings. The molecule has 2 aliphatic heterocycles. The number of aryl methyl sites for hydroxylation is 2. The lowest BCUT2D eigenvalue weighted by molar-refractivity contribution is 0.102. The summed E-state index contributed by atoms with van der Waals surface area (Å²) in [5, 5.41) is 6.37. The largest absolute Gasteiger partial charge is 0.477 e. The summed E-state index contributed by atoms with van der Waals surface area (Å²) < 4.78 is 7.56. The van der Waals surface area contributed by atoms with Crippen LogP contribution < -0.4 is 20.3 Å². The summed E-state index contributed by atoms with van der Waals surface area (Å²) in [7, 11) is 0. The van der Waals surface area contributed by atoms with Crippen LogP contribution in [0.5, 0.6) is 5.88 Å². The number of ether oxygens (including phenoxy) is 1. The van der Waals surface area contributed by atoms with E-state index in [0.717, 1.165) is 36.7 Å². The van der Waals surface area contributed by atoms with Crippen molar-refractivity contribution in [3.05, 3.63) is 35.5 Å². The van der Waals surface area contributed by atoms with Crippen LogP contribution in [0.2, 0.25) is 0 Å². The Bertz CT molecular complexity index is 1130.